The van der Waals surface area contributed by atoms with Crippen molar-refractivity contribution >= 4 is 17.5 Å². The molecule has 2 atom stereocenters. The molecule has 0 aromatic carbocycles. The van der Waals surface area contributed by atoms with E-state index in [4.69, 9.17) is 17.3 Å². The summed E-state index contributed by atoms with van der Waals surface area (Å²) in [6, 6.07) is 2.13. The van der Waals surface area contributed by atoms with Crippen LogP contribution in [0.5, 0.6) is 0 Å². The van der Waals surface area contributed by atoms with E-state index in [1.54, 1.807) is 12.3 Å². The Morgan fingerprint density at radius 3 is 2.93 bits per heavy atom. The van der Waals surface area contributed by atoms with E-state index >= 15 is 0 Å². The van der Waals surface area contributed by atoms with Crippen LogP contribution in [0, 0.1) is 0 Å². The normalized spacial score (nSPS) is 26.3. The molecule has 1 heterocycles. The van der Waals surface area contributed by atoms with Crippen molar-refractivity contribution in [3.63, 3.8) is 0 Å². The van der Waals surface area contributed by atoms with E-state index in [2.05, 4.69) is 15.3 Å². The van der Waals surface area contributed by atoms with Crippen LogP contribution in [-0.4, -0.2) is 22.1 Å². The van der Waals surface area contributed by atoms with Crippen molar-refractivity contribution in [2.24, 2.45) is 5.73 Å². The Bertz CT molecular complexity index is 331. The Hall–Kier alpha value is -0.870. The number of nitrogens with one attached hydrogen (secondary N) is 1. The molecule has 1 aromatic heterocycles. The highest BCUT2D eigenvalue weighted by molar-refractivity contribution is 6.29. The number of nitrogens with zero attached hydrogens (tertiary/aromatic N) is 2. The lowest BCUT2D eigenvalue weighted by molar-refractivity contribution is 0.402. The Morgan fingerprint density at radius 1 is 1.40 bits per heavy atom. The van der Waals surface area contributed by atoms with Crippen LogP contribution in [0.2, 0.25) is 5.15 Å². The average molecular weight is 227 g/mol. The summed E-state index contributed by atoms with van der Waals surface area (Å²) in [5.41, 5.74) is 6.01. The molecular formula is C10H15ClN4. The van der Waals surface area contributed by atoms with Crippen molar-refractivity contribution in [2.75, 3.05) is 5.32 Å². The summed E-state index contributed by atoms with van der Waals surface area (Å²) in [5, 5.41) is 3.70. The monoisotopic (exact) mass is 226 g/mol. The van der Waals surface area contributed by atoms with E-state index in [1.165, 1.54) is 12.8 Å². The van der Waals surface area contributed by atoms with Crippen LogP contribution in [-0.2, 0) is 0 Å². The van der Waals surface area contributed by atoms with Crippen molar-refractivity contribution in [1.29, 1.82) is 0 Å². The second-order valence-electron chi connectivity index (χ2n) is 3.90. The first kappa shape index (κ1) is 10.6. The zero-order chi connectivity index (χ0) is 10.7. The molecule has 1 aliphatic rings. The molecule has 1 aromatic rings. The summed E-state index contributed by atoms with van der Waals surface area (Å²) in [4.78, 5) is 8.20. The number of rotatable bonds is 2. The van der Waals surface area contributed by atoms with Gasteiger partial charge in [-0.2, -0.15) is 0 Å². The first-order valence-corrected chi connectivity index (χ1v) is 5.64. The molecule has 82 valence electrons. The Labute approximate surface area is 94.2 Å². The molecule has 1 saturated carbocycles. The lowest BCUT2D eigenvalue weighted by Gasteiger charge is -2.29. The molecule has 0 aliphatic heterocycles. The summed E-state index contributed by atoms with van der Waals surface area (Å²) < 4.78 is 0. The number of anilines is 1. The van der Waals surface area contributed by atoms with Crippen molar-refractivity contribution in [2.45, 2.75) is 37.8 Å². The van der Waals surface area contributed by atoms with Crippen LogP contribution in [0.3, 0.4) is 0 Å². The maximum absolute atomic E-state index is 6.01. The summed E-state index contributed by atoms with van der Waals surface area (Å²) in [6.45, 7) is 0. The van der Waals surface area contributed by atoms with E-state index in [0.29, 0.717) is 11.1 Å². The lowest BCUT2D eigenvalue weighted by Crippen LogP contribution is -2.42. The third-order valence-electron chi connectivity index (χ3n) is 2.76. The summed E-state index contributed by atoms with van der Waals surface area (Å²) in [5.74, 6) is 0.574. The van der Waals surface area contributed by atoms with Gasteiger partial charge < -0.3 is 11.1 Å². The van der Waals surface area contributed by atoms with Crippen LogP contribution in [0.25, 0.3) is 0 Å². The second-order valence-corrected chi connectivity index (χ2v) is 4.29. The predicted octanol–water partition coefficient (Wildman–Crippen LogP) is 1.81. The van der Waals surface area contributed by atoms with Crippen molar-refractivity contribution in [3.05, 3.63) is 17.4 Å². The highest BCUT2D eigenvalue weighted by atomic mass is 35.5. The van der Waals surface area contributed by atoms with E-state index in [-0.39, 0.29) is 12.1 Å². The molecule has 0 unspecified atom stereocenters. The van der Waals surface area contributed by atoms with Crippen molar-refractivity contribution < 1.29 is 0 Å². The summed E-state index contributed by atoms with van der Waals surface area (Å²) in [7, 11) is 0. The zero-order valence-electron chi connectivity index (χ0n) is 8.49. The highest BCUT2D eigenvalue weighted by Gasteiger charge is 2.22. The molecule has 0 bridgehead atoms. The quantitative estimate of drug-likeness (QED) is 0.755. The third kappa shape index (κ3) is 2.79. The number of hydrogen-bond acceptors (Lipinski definition) is 4. The van der Waals surface area contributed by atoms with E-state index in [1.807, 2.05) is 0 Å². The van der Waals surface area contributed by atoms with Gasteiger partial charge in [-0.3, -0.25) is 0 Å². The van der Waals surface area contributed by atoms with Gasteiger partial charge in [0.15, 0.2) is 0 Å². The second kappa shape index (κ2) is 4.77. The molecule has 3 N–H and O–H groups in total. The average Bonchev–Trinajstić information content (AvgIpc) is 2.22. The molecule has 15 heavy (non-hydrogen) atoms. The minimum atomic E-state index is 0.196. The molecule has 1 fully saturated rings. The zero-order valence-corrected chi connectivity index (χ0v) is 9.24. The first-order chi connectivity index (χ1) is 7.25. The van der Waals surface area contributed by atoms with Crippen molar-refractivity contribution in [1.82, 2.24) is 9.97 Å². The van der Waals surface area contributed by atoms with Gasteiger partial charge in [-0.1, -0.05) is 24.4 Å². The van der Waals surface area contributed by atoms with Crippen LogP contribution in [0.1, 0.15) is 25.7 Å². The fourth-order valence-corrected chi connectivity index (χ4v) is 2.05. The van der Waals surface area contributed by atoms with Gasteiger partial charge in [0.25, 0.3) is 0 Å². The van der Waals surface area contributed by atoms with Crippen LogP contribution < -0.4 is 11.1 Å². The van der Waals surface area contributed by atoms with Crippen LogP contribution >= 0.6 is 11.6 Å². The molecule has 5 heteroatoms. The first-order valence-electron chi connectivity index (χ1n) is 5.26. The van der Waals surface area contributed by atoms with Gasteiger partial charge in [-0.25, -0.2) is 9.97 Å². The number of halogens is 1. The van der Waals surface area contributed by atoms with E-state index < -0.39 is 0 Å². The molecule has 0 radical (unpaired) electrons. The molecule has 0 spiro atoms. The maximum atomic E-state index is 6.01. The fourth-order valence-electron chi connectivity index (χ4n) is 1.91. The standard InChI is InChI=1S/C10H15ClN4/c11-9-5-6-13-10(15-9)14-8-4-2-1-3-7(8)12/h5-8H,1-4,12H2,(H,13,14,15)/t7-,8-/m0/s1. The lowest BCUT2D eigenvalue weighted by atomic mass is 9.91. The van der Waals surface area contributed by atoms with Gasteiger partial charge in [-0.15, -0.1) is 0 Å². The largest absolute Gasteiger partial charge is 0.350 e. The van der Waals surface area contributed by atoms with Crippen LogP contribution in [0.4, 0.5) is 5.95 Å². The molecular weight excluding hydrogens is 212 g/mol. The number of hydrogen-bond donors (Lipinski definition) is 2. The van der Waals surface area contributed by atoms with Gasteiger partial charge in [0.1, 0.15) is 5.15 Å². The predicted molar refractivity (Wildman–Crippen MR) is 60.9 cm³/mol. The van der Waals surface area contributed by atoms with Gasteiger partial charge in [0, 0.05) is 18.3 Å². The molecule has 2 rings (SSSR count). The summed E-state index contributed by atoms with van der Waals surface area (Å²) in [6.07, 6.45) is 6.23. The van der Waals surface area contributed by atoms with Gasteiger partial charge in [0.05, 0.1) is 0 Å². The molecule has 1 aliphatic carbocycles. The molecule has 0 amide bonds. The van der Waals surface area contributed by atoms with Gasteiger partial charge >= 0.3 is 0 Å². The number of aromatic nitrogens is 2. The Morgan fingerprint density at radius 2 is 2.20 bits per heavy atom. The SMILES string of the molecule is N[C@H]1CCCC[C@@H]1Nc1nccc(Cl)n1. The molecule has 0 saturated heterocycles. The van der Waals surface area contributed by atoms with Crippen molar-refractivity contribution in [3.8, 4) is 0 Å². The third-order valence-corrected chi connectivity index (χ3v) is 2.97. The van der Waals surface area contributed by atoms with Gasteiger partial charge in [-0.05, 0) is 18.9 Å². The highest BCUT2D eigenvalue weighted by Crippen LogP contribution is 2.19. The number of nitrogens with two attached hydrogens (primary N) is 1. The maximum Gasteiger partial charge on any atom is 0.224 e. The van der Waals surface area contributed by atoms with Crippen LogP contribution in [0.15, 0.2) is 12.3 Å². The minimum absolute atomic E-state index is 0.196. The summed E-state index contributed by atoms with van der Waals surface area (Å²) >= 11 is 5.78. The van der Waals surface area contributed by atoms with E-state index in [9.17, 15) is 0 Å². The minimum Gasteiger partial charge on any atom is -0.350 e. The Balaban J connectivity index is 2.01. The fraction of sp³-hybridized carbons (Fsp3) is 0.600. The Kier molecular flexibility index (Phi) is 3.38. The molecule has 4 nitrogen and oxygen atoms in total. The smallest absolute Gasteiger partial charge is 0.224 e. The van der Waals surface area contributed by atoms with Gasteiger partial charge in [0.2, 0.25) is 5.95 Å². The van der Waals surface area contributed by atoms with E-state index in [0.717, 1.165) is 12.8 Å². The topological polar surface area (TPSA) is 63.8 Å².